The largest absolute Gasteiger partial charge is 0.291 e. The average molecular weight is 287 g/mol. The van der Waals surface area contributed by atoms with E-state index in [9.17, 15) is 10.1 Å². The van der Waals surface area contributed by atoms with E-state index in [2.05, 4.69) is 20.9 Å². The fourth-order valence-corrected chi connectivity index (χ4v) is 1.83. The van der Waals surface area contributed by atoms with Gasteiger partial charge in [0.2, 0.25) is 0 Å². The van der Waals surface area contributed by atoms with Crippen LogP contribution in [-0.4, -0.2) is 14.7 Å². The van der Waals surface area contributed by atoms with Crippen molar-refractivity contribution in [3.63, 3.8) is 0 Å². The smallest absolute Gasteiger partial charge is 0.258 e. The van der Waals surface area contributed by atoms with Gasteiger partial charge in [-0.3, -0.25) is 15.1 Å². The predicted molar refractivity (Wildman–Crippen MR) is 67.0 cm³/mol. The number of hydrogen-bond donors (Lipinski definition) is 0. The van der Waals surface area contributed by atoms with Crippen molar-refractivity contribution in [1.82, 2.24) is 4.98 Å². The van der Waals surface area contributed by atoms with Gasteiger partial charge < -0.3 is 0 Å². The van der Waals surface area contributed by atoms with Crippen LogP contribution >= 0.6 is 15.9 Å². The lowest BCUT2D eigenvalue weighted by atomic mass is 10.00. The van der Waals surface area contributed by atoms with E-state index in [-0.39, 0.29) is 21.4 Å². The lowest BCUT2D eigenvalue weighted by Gasteiger charge is -2.16. The zero-order valence-corrected chi connectivity index (χ0v) is 11.2. The molecule has 0 saturated heterocycles. The van der Waals surface area contributed by atoms with Crippen LogP contribution in [0.15, 0.2) is 12.1 Å². The van der Waals surface area contributed by atoms with Gasteiger partial charge in [-0.1, -0.05) is 29.8 Å². The summed E-state index contributed by atoms with van der Waals surface area (Å²) in [6, 6.07) is 3.20. The van der Waals surface area contributed by atoms with E-state index < -0.39 is 0 Å². The van der Waals surface area contributed by atoms with Gasteiger partial charge in [0.1, 0.15) is 5.69 Å². The molecule has 0 amide bonds. The second kappa shape index (κ2) is 5.39. The summed E-state index contributed by atoms with van der Waals surface area (Å²) in [7, 11) is 0. The summed E-state index contributed by atoms with van der Waals surface area (Å²) in [6.45, 7) is 5.84. The third kappa shape index (κ3) is 2.78. The molecule has 2 atom stereocenters. The minimum absolute atomic E-state index is 0.0327. The molecule has 1 aromatic rings. The van der Waals surface area contributed by atoms with Gasteiger partial charge in [-0.05, 0) is 19.4 Å². The van der Waals surface area contributed by atoms with Crippen LogP contribution in [-0.2, 0) is 0 Å². The first kappa shape index (κ1) is 13.1. The molecular formula is C11H15BrN2O2. The van der Waals surface area contributed by atoms with Crippen LogP contribution in [0.3, 0.4) is 0 Å². The topological polar surface area (TPSA) is 56.0 Å². The molecule has 16 heavy (non-hydrogen) atoms. The van der Waals surface area contributed by atoms with Crippen LogP contribution in [0.5, 0.6) is 0 Å². The number of hydrogen-bond acceptors (Lipinski definition) is 3. The third-order valence-electron chi connectivity index (χ3n) is 2.60. The highest BCUT2D eigenvalue weighted by Gasteiger charge is 2.24. The van der Waals surface area contributed by atoms with Crippen LogP contribution < -0.4 is 0 Å². The van der Waals surface area contributed by atoms with Gasteiger partial charge in [0.05, 0.1) is 4.92 Å². The lowest BCUT2D eigenvalue weighted by molar-refractivity contribution is -0.386. The molecule has 0 aliphatic carbocycles. The zero-order chi connectivity index (χ0) is 12.3. The number of aryl methyl sites for hydroxylation is 1. The number of pyridine rings is 1. The number of halogens is 1. The Bertz CT molecular complexity index is 396. The maximum Gasteiger partial charge on any atom is 0.291 e. The quantitative estimate of drug-likeness (QED) is 0.483. The number of alkyl halides is 1. The molecule has 0 fully saturated rings. The number of nitro groups is 1. The van der Waals surface area contributed by atoms with Crippen molar-refractivity contribution < 1.29 is 4.92 Å². The molecule has 2 unspecified atom stereocenters. The molecule has 4 nitrogen and oxygen atoms in total. The monoisotopic (exact) mass is 286 g/mol. The maximum atomic E-state index is 10.9. The Balaban J connectivity index is 3.19. The highest BCUT2D eigenvalue weighted by atomic mass is 79.9. The Kier molecular flexibility index (Phi) is 4.41. The van der Waals surface area contributed by atoms with E-state index in [0.717, 1.165) is 12.1 Å². The molecule has 0 spiro atoms. The van der Waals surface area contributed by atoms with E-state index in [1.165, 1.54) is 6.07 Å². The molecule has 1 heterocycles. The standard InChI is InChI=1S/C11H15BrN2O2/c1-4-9(12)8(3)11-10(14(15)16)6-5-7(2)13-11/h5-6,8-9H,4H2,1-3H3. The first-order valence-corrected chi connectivity index (χ1v) is 6.15. The first-order chi connectivity index (χ1) is 7.47. The van der Waals surface area contributed by atoms with Crippen molar-refractivity contribution in [2.24, 2.45) is 0 Å². The fourth-order valence-electron chi connectivity index (χ4n) is 1.58. The fraction of sp³-hybridized carbons (Fsp3) is 0.545. The molecule has 1 aromatic heterocycles. The maximum absolute atomic E-state index is 10.9. The van der Waals surface area contributed by atoms with Crippen molar-refractivity contribution in [3.8, 4) is 0 Å². The van der Waals surface area contributed by atoms with Crippen molar-refractivity contribution in [2.45, 2.75) is 37.9 Å². The van der Waals surface area contributed by atoms with Gasteiger partial charge in [0.15, 0.2) is 0 Å². The molecule has 0 aliphatic rings. The normalized spacial score (nSPS) is 14.5. The van der Waals surface area contributed by atoms with Crippen LogP contribution in [0.4, 0.5) is 5.69 Å². The predicted octanol–water partition coefficient (Wildman–Crippen LogP) is 3.58. The Labute approximate surface area is 103 Å². The third-order valence-corrected chi connectivity index (χ3v) is 4.04. The SMILES string of the molecule is CCC(Br)C(C)c1nc(C)ccc1[N+](=O)[O-]. The van der Waals surface area contributed by atoms with E-state index in [4.69, 9.17) is 0 Å². The summed E-state index contributed by atoms with van der Waals surface area (Å²) in [6.07, 6.45) is 0.911. The summed E-state index contributed by atoms with van der Waals surface area (Å²) < 4.78 is 0. The zero-order valence-electron chi connectivity index (χ0n) is 9.61. The Morgan fingerprint density at radius 3 is 2.69 bits per heavy atom. The van der Waals surface area contributed by atoms with E-state index in [1.54, 1.807) is 6.07 Å². The van der Waals surface area contributed by atoms with Gasteiger partial charge in [-0.25, -0.2) is 0 Å². The van der Waals surface area contributed by atoms with Crippen LogP contribution in [0.1, 0.15) is 37.6 Å². The average Bonchev–Trinajstić information content (AvgIpc) is 2.26. The highest BCUT2D eigenvalue weighted by molar-refractivity contribution is 9.09. The van der Waals surface area contributed by atoms with Crippen molar-refractivity contribution in [1.29, 1.82) is 0 Å². The molecule has 1 rings (SSSR count). The minimum Gasteiger partial charge on any atom is -0.258 e. The van der Waals surface area contributed by atoms with Gasteiger partial charge >= 0.3 is 0 Å². The van der Waals surface area contributed by atoms with Crippen LogP contribution in [0.2, 0.25) is 0 Å². The van der Waals surface area contributed by atoms with Crippen LogP contribution in [0.25, 0.3) is 0 Å². The number of aromatic nitrogens is 1. The lowest BCUT2D eigenvalue weighted by Crippen LogP contribution is -2.12. The van der Waals surface area contributed by atoms with Gasteiger partial charge in [0, 0.05) is 22.5 Å². The van der Waals surface area contributed by atoms with Crippen molar-refractivity contribution in [3.05, 3.63) is 33.6 Å². The highest BCUT2D eigenvalue weighted by Crippen LogP contribution is 2.31. The van der Waals surface area contributed by atoms with Gasteiger partial charge in [-0.2, -0.15) is 0 Å². The number of rotatable bonds is 4. The molecule has 0 N–H and O–H groups in total. The molecule has 0 aromatic carbocycles. The van der Waals surface area contributed by atoms with Crippen LogP contribution in [0, 0.1) is 17.0 Å². The van der Waals surface area contributed by atoms with E-state index in [1.807, 2.05) is 20.8 Å². The molecule has 88 valence electrons. The molecule has 0 bridgehead atoms. The summed E-state index contributed by atoms with van der Waals surface area (Å²) >= 11 is 3.52. The summed E-state index contributed by atoms with van der Waals surface area (Å²) in [5, 5.41) is 10.9. The Morgan fingerprint density at radius 1 is 1.56 bits per heavy atom. The summed E-state index contributed by atoms with van der Waals surface area (Å²) in [5.41, 5.74) is 1.48. The van der Waals surface area contributed by atoms with E-state index >= 15 is 0 Å². The minimum atomic E-state index is -0.367. The second-order valence-corrected chi connectivity index (χ2v) is 5.00. The first-order valence-electron chi connectivity index (χ1n) is 5.23. The van der Waals surface area contributed by atoms with Crippen molar-refractivity contribution >= 4 is 21.6 Å². The molecule has 5 heteroatoms. The number of nitrogens with zero attached hydrogens (tertiary/aromatic N) is 2. The Morgan fingerprint density at radius 2 is 2.19 bits per heavy atom. The molecule has 0 aliphatic heterocycles. The van der Waals surface area contributed by atoms with Gasteiger partial charge in [0.25, 0.3) is 5.69 Å². The molecule has 0 radical (unpaired) electrons. The van der Waals surface area contributed by atoms with E-state index in [0.29, 0.717) is 5.69 Å². The van der Waals surface area contributed by atoms with Gasteiger partial charge in [-0.15, -0.1) is 0 Å². The molecular weight excluding hydrogens is 272 g/mol. The second-order valence-electron chi connectivity index (χ2n) is 3.83. The Hall–Kier alpha value is -0.970. The van der Waals surface area contributed by atoms with Crippen molar-refractivity contribution in [2.75, 3.05) is 0 Å². The summed E-state index contributed by atoms with van der Waals surface area (Å²) in [4.78, 5) is 15.0. The molecule has 0 saturated carbocycles. The summed E-state index contributed by atoms with van der Waals surface area (Å²) in [5.74, 6) is 0.0327.